The molecule has 2 aromatic rings. The van der Waals surface area contributed by atoms with Crippen molar-refractivity contribution in [2.75, 3.05) is 13.1 Å². The third kappa shape index (κ3) is 3.71. The van der Waals surface area contributed by atoms with Gasteiger partial charge in [-0.1, -0.05) is 12.8 Å². The van der Waals surface area contributed by atoms with Gasteiger partial charge in [0.15, 0.2) is 0 Å². The highest BCUT2D eigenvalue weighted by molar-refractivity contribution is 5.74. The summed E-state index contributed by atoms with van der Waals surface area (Å²) in [6.45, 7) is 1.38. The topological polar surface area (TPSA) is 71.3 Å². The van der Waals surface area contributed by atoms with Crippen LogP contribution in [0.25, 0.3) is 11.5 Å². The molecule has 1 aromatic carbocycles. The number of carbonyl (C=O) groups is 1. The van der Waals surface area contributed by atoms with E-state index in [4.69, 9.17) is 4.42 Å². The lowest BCUT2D eigenvalue weighted by molar-refractivity contribution is 0.174. The quantitative estimate of drug-likeness (QED) is 0.908. The van der Waals surface area contributed by atoms with Crippen LogP contribution in [-0.2, 0) is 0 Å². The minimum Gasteiger partial charge on any atom is -0.420 e. The first-order valence-electron chi connectivity index (χ1n) is 9.34. The summed E-state index contributed by atoms with van der Waals surface area (Å²) in [7, 11) is 0. The average molecular weight is 358 g/mol. The largest absolute Gasteiger partial charge is 0.420 e. The van der Waals surface area contributed by atoms with Gasteiger partial charge in [-0.3, -0.25) is 0 Å². The molecule has 2 amide bonds. The summed E-state index contributed by atoms with van der Waals surface area (Å²) >= 11 is 0. The van der Waals surface area contributed by atoms with Crippen LogP contribution in [0.3, 0.4) is 0 Å². The molecule has 0 spiro atoms. The minimum atomic E-state index is -0.295. The number of amides is 2. The fourth-order valence-electron chi connectivity index (χ4n) is 3.77. The lowest BCUT2D eigenvalue weighted by Crippen LogP contribution is -2.47. The highest BCUT2D eigenvalue weighted by Crippen LogP contribution is 2.29. The second-order valence-electron chi connectivity index (χ2n) is 7.14. The van der Waals surface area contributed by atoms with Crippen LogP contribution in [0.15, 0.2) is 28.7 Å². The number of rotatable bonds is 3. The van der Waals surface area contributed by atoms with Crippen LogP contribution >= 0.6 is 0 Å². The first-order chi connectivity index (χ1) is 12.7. The summed E-state index contributed by atoms with van der Waals surface area (Å²) in [5.74, 6) is 0.866. The van der Waals surface area contributed by atoms with Crippen LogP contribution in [-0.4, -0.2) is 40.3 Å². The summed E-state index contributed by atoms with van der Waals surface area (Å²) in [6, 6.07) is 6.40. The zero-order valence-corrected chi connectivity index (χ0v) is 14.7. The number of nitrogens with zero attached hydrogens (tertiary/aromatic N) is 3. The van der Waals surface area contributed by atoms with E-state index in [1.165, 1.54) is 25.0 Å². The number of benzene rings is 1. The van der Waals surface area contributed by atoms with E-state index in [9.17, 15) is 9.18 Å². The molecule has 1 aliphatic carbocycles. The molecule has 2 fully saturated rings. The molecule has 7 heteroatoms. The Labute approximate surface area is 151 Å². The lowest BCUT2D eigenvalue weighted by atomic mass is 9.97. The van der Waals surface area contributed by atoms with Gasteiger partial charge in [-0.05, 0) is 49.9 Å². The van der Waals surface area contributed by atoms with E-state index in [0.29, 0.717) is 36.5 Å². The van der Waals surface area contributed by atoms with Crippen LogP contribution in [0.1, 0.15) is 50.3 Å². The Hall–Kier alpha value is -2.44. The second kappa shape index (κ2) is 7.43. The molecule has 0 bridgehead atoms. The van der Waals surface area contributed by atoms with Gasteiger partial charge in [0.05, 0.1) is 0 Å². The molecule has 4 rings (SSSR count). The van der Waals surface area contributed by atoms with Crippen LogP contribution in [0.5, 0.6) is 0 Å². The van der Waals surface area contributed by atoms with Crippen molar-refractivity contribution in [1.82, 2.24) is 20.4 Å². The predicted molar refractivity (Wildman–Crippen MR) is 94.0 cm³/mol. The molecule has 6 nitrogen and oxygen atoms in total. The van der Waals surface area contributed by atoms with Gasteiger partial charge in [-0.2, -0.15) is 0 Å². The highest BCUT2D eigenvalue weighted by atomic mass is 19.1. The second-order valence-corrected chi connectivity index (χ2v) is 7.14. The van der Waals surface area contributed by atoms with Gasteiger partial charge in [0, 0.05) is 30.6 Å². The molecule has 0 unspecified atom stereocenters. The molecule has 2 aliphatic rings. The normalized spacial score (nSPS) is 19.0. The number of hydrogen-bond donors (Lipinski definition) is 1. The van der Waals surface area contributed by atoms with E-state index in [0.717, 1.165) is 25.7 Å². The first kappa shape index (κ1) is 17.0. The number of nitrogens with one attached hydrogen (secondary N) is 1. The molecule has 2 heterocycles. The predicted octanol–water partition coefficient (Wildman–Crippen LogP) is 3.71. The Morgan fingerprint density at radius 2 is 1.77 bits per heavy atom. The number of aromatic nitrogens is 2. The van der Waals surface area contributed by atoms with Crippen LogP contribution in [0, 0.1) is 5.82 Å². The summed E-state index contributed by atoms with van der Waals surface area (Å²) in [5.41, 5.74) is 0.707. The van der Waals surface area contributed by atoms with E-state index < -0.39 is 0 Å². The maximum Gasteiger partial charge on any atom is 0.317 e. The Morgan fingerprint density at radius 1 is 1.08 bits per heavy atom. The number of hydrogen-bond acceptors (Lipinski definition) is 4. The molecular formula is C19H23FN4O2. The number of urea groups is 1. The number of halogens is 1. The van der Waals surface area contributed by atoms with Gasteiger partial charge in [0.2, 0.25) is 11.8 Å². The molecule has 1 saturated heterocycles. The molecule has 1 aromatic heterocycles. The average Bonchev–Trinajstić information content (AvgIpc) is 3.34. The van der Waals surface area contributed by atoms with Crippen LogP contribution < -0.4 is 5.32 Å². The van der Waals surface area contributed by atoms with E-state index in [1.54, 1.807) is 12.1 Å². The lowest BCUT2D eigenvalue weighted by Gasteiger charge is -2.31. The SMILES string of the molecule is O=C(NC1CCCC1)N1CCC(c2nnc(-c3ccc(F)cc3)o2)CC1. The fraction of sp³-hybridized carbons (Fsp3) is 0.526. The summed E-state index contributed by atoms with van der Waals surface area (Å²) in [5, 5.41) is 11.4. The van der Waals surface area contributed by atoms with Crippen LogP contribution in [0.2, 0.25) is 0 Å². The summed E-state index contributed by atoms with van der Waals surface area (Å²) in [4.78, 5) is 14.2. The van der Waals surface area contributed by atoms with Gasteiger partial charge in [0.1, 0.15) is 5.82 Å². The molecule has 1 aliphatic heterocycles. The van der Waals surface area contributed by atoms with E-state index in [-0.39, 0.29) is 17.8 Å². The summed E-state index contributed by atoms with van der Waals surface area (Å²) in [6.07, 6.45) is 6.22. The minimum absolute atomic E-state index is 0.0490. The van der Waals surface area contributed by atoms with E-state index in [2.05, 4.69) is 15.5 Å². The number of likely N-dealkylation sites (tertiary alicyclic amines) is 1. The van der Waals surface area contributed by atoms with Gasteiger partial charge >= 0.3 is 6.03 Å². The molecule has 0 atom stereocenters. The van der Waals surface area contributed by atoms with Gasteiger partial charge in [-0.15, -0.1) is 10.2 Å². The van der Waals surface area contributed by atoms with Crippen molar-refractivity contribution in [2.45, 2.75) is 50.5 Å². The van der Waals surface area contributed by atoms with Crippen molar-refractivity contribution in [3.63, 3.8) is 0 Å². The van der Waals surface area contributed by atoms with Crippen LogP contribution in [0.4, 0.5) is 9.18 Å². The Bertz CT molecular complexity index is 747. The van der Waals surface area contributed by atoms with Crippen molar-refractivity contribution in [3.05, 3.63) is 36.0 Å². The number of piperidine rings is 1. The van der Waals surface area contributed by atoms with Crippen molar-refractivity contribution >= 4 is 6.03 Å². The molecule has 0 radical (unpaired) electrons. The zero-order valence-electron chi connectivity index (χ0n) is 14.7. The fourth-order valence-corrected chi connectivity index (χ4v) is 3.77. The standard InChI is InChI=1S/C19H23FN4O2/c20-15-7-5-13(6-8-15)17-22-23-18(26-17)14-9-11-24(12-10-14)19(25)21-16-3-1-2-4-16/h5-8,14,16H,1-4,9-12H2,(H,21,25). The number of carbonyl (C=O) groups excluding carboxylic acids is 1. The Balaban J connectivity index is 1.33. The molecule has 26 heavy (non-hydrogen) atoms. The Kier molecular flexibility index (Phi) is 4.86. The smallest absolute Gasteiger partial charge is 0.317 e. The van der Waals surface area contributed by atoms with E-state index in [1.807, 2.05) is 4.90 Å². The van der Waals surface area contributed by atoms with Crippen molar-refractivity contribution in [2.24, 2.45) is 0 Å². The van der Waals surface area contributed by atoms with Crippen molar-refractivity contribution < 1.29 is 13.6 Å². The molecule has 138 valence electrons. The molecular weight excluding hydrogens is 335 g/mol. The molecule has 1 N–H and O–H groups in total. The maximum absolute atomic E-state index is 13.0. The van der Waals surface area contributed by atoms with Crippen molar-refractivity contribution in [1.29, 1.82) is 0 Å². The van der Waals surface area contributed by atoms with Gasteiger partial charge < -0.3 is 14.6 Å². The van der Waals surface area contributed by atoms with Crippen molar-refractivity contribution in [3.8, 4) is 11.5 Å². The third-order valence-electron chi connectivity index (χ3n) is 5.35. The molecule has 1 saturated carbocycles. The third-order valence-corrected chi connectivity index (χ3v) is 5.35. The monoisotopic (exact) mass is 358 g/mol. The van der Waals surface area contributed by atoms with Gasteiger partial charge in [-0.25, -0.2) is 9.18 Å². The maximum atomic E-state index is 13.0. The van der Waals surface area contributed by atoms with E-state index >= 15 is 0 Å². The Morgan fingerprint density at radius 3 is 2.46 bits per heavy atom. The zero-order chi connectivity index (χ0) is 17.9. The van der Waals surface area contributed by atoms with Gasteiger partial charge in [0.25, 0.3) is 0 Å². The first-order valence-corrected chi connectivity index (χ1v) is 9.34. The highest BCUT2D eigenvalue weighted by Gasteiger charge is 2.28. The summed E-state index contributed by atoms with van der Waals surface area (Å²) < 4.78 is 18.8.